The third kappa shape index (κ3) is 3.18. The van der Waals surface area contributed by atoms with E-state index in [2.05, 4.69) is 0 Å². The maximum atomic E-state index is 13.7. The molecule has 0 aliphatic carbocycles. The van der Waals surface area contributed by atoms with Gasteiger partial charge < -0.3 is 4.74 Å². The SMILES string of the molecule is Cc1cc(Cl)ccc1Oc1cc(F)c(SN)cc1F. The van der Waals surface area contributed by atoms with Crippen LogP contribution in [0.1, 0.15) is 5.56 Å². The highest BCUT2D eigenvalue weighted by atomic mass is 35.5. The number of aryl methyl sites for hydroxylation is 1. The van der Waals surface area contributed by atoms with Crippen molar-refractivity contribution in [1.82, 2.24) is 0 Å². The lowest BCUT2D eigenvalue weighted by atomic mass is 10.2. The molecule has 0 fully saturated rings. The van der Waals surface area contributed by atoms with Gasteiger partial charge in [0.25, 0.3) is 0 Å². The van der Waals surface area contributed by atoms with Crippen molar-refractivity contribution in [3.63, 3.8) is 0 Å². The van der Waals surface area contributed by atoms with Crippen LogP contribution in [0, 0.1) is 18.6 Å². The van der Waals surface area contributed by atoms with Gasteiger partial charge in [-0.3, -0.25) is 5.14 Å². The lowest BCUT2D eigenvalue weighted by Gasteiger charge is -2.11. The number of hydrogen-bond donors (Lipinski definition) is 1. The quantitative estimate of drug-likeness (QED) is 0.836. The van der Waals surface area contributed by atoms with Gasteiger partial charge in [-0.15, -0.1) is 0 Å². The average Bonchev–Trinajstić information content (AvgIpc) is 2.36. The van der Waals surface area contributed by atoms with Crippen molar-refractivity contribution in [2.24, 2.45) is 5.14 Å². The van der Waals surface area contributed by atoms with Crippen molar-refractivity contribution in [1.29, 1.82) is 0 Å². The highest BCUT2D eigenvalue weighted by Crippen LogP contribution is 2.31. The Morgan fingerprint density at radius 1 is 1.11 bits per heavy atom. The van der Waals surface area contributed by atoms with E-state index in [1.807, 2.05) is 0 Å². The normalized spacial score (nSPS) is 10.6. The van der Waals surface area contributed by atoms with Gasteiger partial charge in [0.1, 0.15) is 11.6 Å². The Hall–Kier alpha value is -1.30. The van der Waals surface area contributed by atoms with E-state index >= 15 is 0 Å². The highest BCUT2D eigenvalue weighted by molar-refractivity contribution is 7.97. The summed E-state index contributed by atoms with van der Waals surface area (Å²) in [6.45, 7) is 1.76. The van der Waals surface area contributed by atoms with Crippen LogP contribution in [0.3, 0.4) is 0 Å². The molecule has 0 bridgehead atoms. The van der Waals surface area contributed by atoms with Crippen LogP contribution in [-0.2, 0) is 0 Å². The van der Waals surface area contributed by atoms with Crippen LogP contribution in [0.2, 0.25) is 5.02 Å². The number of hydrogen-bond acceptors (Lipinski definition) is 3. The highest BCUT2D eigenvalue weighted by Gasteiger charge is 2.12. The van der Waals surface area contributed by atoms with E-state index in [4.69, 9.17) is 21.5 Å². The molecule has 0 aliphatic heterocycles. The lowest BCUT2D eigenvalue weighted by molar-refractivity contribution is 0.430. The Bertz CT molecular complexity index is 622. The summed E-state index contributed by atoms with van der Waals surface area (Å²) >= 11 is 6.45. The second kappa shape index (κ2) is 5.77. The fourth-order valence-electron chi connectivity index (χ4n) is 1.52. The molecule has 2 aromatic rings. The molecule has 0 unspecified atom stereocenters. The molecular weight excluding hydrogens is 292 g/mol. The number of nitrogens with two attached hydrogens (primary N) is 1. The molecule has 2 aromatic carbocycles. The van der Waals surface area contributed by atoms with E-state index in [0.717, 1.165) is 17.7 Å². The fraction of sp³-hybridized carbons (Fsp3) is 0.0769. The van der Waals surface area contributed by atoms with Gasteiger partial charge >= 0.3 is 0 Å². The van der Waals surface area contributed by atoms with E-state index in [1.165, 1.54) is 0 Å². The summed E-state index contributed by atoms with van der Waals surface area (Å²) < 4.78 is 32.6. The van der Waals surface area contributed by atoms with Crippen molar-refractivity contribution in [3.8, 4) is 11.5 Å². The first kappa shape index (κ1) is 14.1. The van der Waals surface area contributed by atoms with Crippen molar-refractivity contribution in [2.45, 2.75) is 11.8 Å². The maximum Gasteiger partial charge on any atom is 0.167 e. The Morgan fingerprint density at radius 2 is 1.84 bits per heavy atom. The molecule has 6 heteroatoms. The fourth-order valence-corrected chi connectivity index (χ4v) is 2.09. The average molecular weight is 302 g/mol. The third-order valence-electron chi connectivity index (χ3n) is 2.47. The predicted octanol–water partition coefficient (Wildman–Crippen LogP) is 4.68. The van der Waals surface area contributed by atoms with Gasteiger partial charge in [-0.25, -0.2) is 8.78 Å². The van der Waals surface area contributed by atoms with E-state index in [-0.39, 0.29) is 10.6 Å². The zero-order valence-electron chi connectivity index (χ0n) is 9.91. The Kier molecular flexibility index (Phi) is 4.29. The van der Waals surface area contributed by atoms with E-state index in [0.29, 0.717) is 22.7 Å². The molecule has 0 heterocycles. The topological polar surface area (TPSA) is 35.2 Å². The third-order valence-corrected chi connectivity index (χ3v) is 3.27. The number of benzene rings is 2. The van der Waals surface area contributed by atoms with Gasteiger partial charge in [-0.05, 0) is 48.7 Å². The summed E-state index contributed by atoms with van der Waals surface area (Å²) in [5, 5.41) is 5.77. The summed E-state index contributed by atoms with van der Waals surface area (Å²) in [5.74, 6) is -1.09. The number of rotatable bonds is 3. The number of halogens is 3. The van der Waals surface area contributed by atoms with Gasteiger partial charge in [-0.2, -0.15) is 0 Å². The minimum absolute atomic E-state index is 0.0256. The first-order valence-corrected chi connectivity index (χ1v) is 6.57. The van der Waals surface area contributed by atoms with E-state index < -0.39 is 11.6 Å². The van der Waals surface area contributed by atoms with Gasteiger partial charge in [0.15, 0.2) is 11.6 Å². The molecule has 0 atom stereocenters. The van der Waals surface area contributed by atoms with E-state index in [9.17, 15) is 8.78 Å². The van der Waals surface area contributed by atoms with Crippen molar-refractivity contribution in [3.05, 3.63) is 52.6 Å². The van der Waals surface area contributed by atoms with Gasteiger partial charge in [0.2, 0.25) is 0 Å². The first-order chi connectivity index (χ1) is 9.01. The summed E-state index contributed by atoms with van der Waals surface area (Å²) in [6.07, 6.45) is 0. The monoisotopic (exact) mass is 301 g/mol. The van der Waals surface area contributed by atoms with Gasteiger partial charge in [0, 0.05) is 11.1 Å². The van der Waals surface area contributed by atoms with Crippen molar-refractivity contribution < 1.29 is 13.5 Å². The van der Waals surface area contributed by atoms with Crippen LogP contribution < -0.4 is 9.88 Å². The van der Waals surface area contributed by atoms with Crippen LogP contribution >= 0.6 is 23.5 Å². The zero-order chi connectivity index (χ0) is 14.0. The minimum atomic E-state index is -0.677. The van der Waals surface area contributed by atoms with Crippen LogP contribution in [-0.4, -0.2) is 0 Å². The Balaban J connectivity index is 2.35. The van der Waals surface area contributed by atoms with Crippen molar-refractivity contribution >= 4 is 23.5 Å². The van der Waals surface area contributed by atoms with E-state index in [1.54, 1.807) is 25.1 Å². The second-order valence-electron chi connectivity index (χ2n) is 3.84. The molecule has 0 aliphatic rings. The minimum Gasteiger partial charge on any atom is -0.454 e. The molecule has 0 aromatic heterocycles. The zero-order valence-corrected chi connectivity index (χ0v) is 11.5. The number of ether oxygens (including phenoxy) is 1. The molecular formula is C13H10ClF2NOS. The largest absolute Gasteiger partial charge is 0.454 e. The molecule has 0 spiro atoms. The predicted molar refractivity (Wildman–Crippen MR) is 72.7 cm³/mol. The molecule has 19 heavy (non-hydrogen) atoms. The molecule has 0 radical (unpaired) electrons. The van der Waals surface area contributed by atoms with Crippen LogP contribution in [0.15, 0.2) is 35.2 Å². The summed E-state index contributed by atoms with van der Waals surface area (Å²) in [7, 11) is 0. The standard InChI is InChI=1S/C13H10ClF2NOS/c1-7-4-8(14)2-3-11(7)18-12-5-10(16)13(19-17)6-9(12)15/h2-6H,17H2,1H3. The molecule has 2 rings (SSSR count). The Labute approximate surface area is 118 Å². The van der Waals surface area contributed by atoms with Gasteiger partial charge in [-0.1, -0.05) is 11.6 Å². The smallest absolute Gasteiger partial charge is 0.167 e. The maximum absolute atomic E-state index is 13.7. The summed E-state index contributed by atoms with van der Waals surface area (Å²) in [6, 6.07) is 6.86. The first-order valence-electron chi connectivity index (χ1n) is 5.31. The second-order valence-corrected chi connectivity index (χ2v) is 4.95. The molecule has 2 N–H and O–H groups in total. The molecule has 0 saturated heterocycles. The van der Waals surface area contributed by atoms with Crippen LogP contribution in [0.5, 0.6) is 11.5 Å². The summed E-state index contributed by atoms with van der Waals surface area (Å²) in [4.78, 5) is 0.0256. The van der Waals surface area contributed by atoms with Crippen LogP contribution in [0.4, 0.5) is 8.78 Å². The molecule has 0 saturated carbocycles. The molecule has 0 amide bonds. The van der Waals surface area contributed by atoms with Crippen LogP contribution in [0.25, 0.3) is 0 Å². The Morgan fingerprint density at radius 3 is 2.47 bits per heavy atom. The molecule has 2 nitrogen and oxygen atoms in total. The van der Waals surface area contributed by atoms with Crippen molar-refractivity contribution in [2.75, 3.05) is 0 Å². The summed E-state index contributed by atoms with van der Waals surface area (Å²) in [5.41, 5.74) is 0.726. The van der Waals surface area contributed by atoms with Gasteiger partial charge in [0.05, 0.1) is 4.90 Å². The molecule has 100 valence electrons. The lowest BCUT2D eigenvalue weighted by Crippen LogP contribution is -1.94.